The van der Waals surface area contributed by atoms with Crippen LogP contribution in [0.15, 0.2) is 52.8 Å². The van der Waals surface area contributed by atoms with Gasteiger partial charge in [-0.15, -0.1) is 16.8 Å². The number of aromatic nitrogens is 3. The summed E-state index contributed by atoms with van der Waals surface area (Å²) in [5.74, 6) is 2.68. The van der Waals surface area contributed by atoms with E-state index in [0.29, 0.717) is 34.6 Å². The molecule has 1 aromatic carbocycles. The third kappa shape index (κ3) is 3.96. The summed E-state index contributed by atoms with van der Waals surface area (Å²) in [7, 11) is 3.09. The zero-order chi connectivity index (χ0) is 20.1. The molecule has 0 amide bonds. The standard InChI is InChI=1S/C20H21N3O4S/c1-5-9-23-19(15-8-10-27-13(15)2)21-22-20(23)28-12-17(24)16-7-6-14(25-3)11-18(16)26-4/h5-8,10-11H,1,9,12H2,2-4H3. The van der Waals surface area contributed by atoms with Crippen LogP contribution < -0.4 is 9.47 Å². The fourth-order valence-electron chi connectivity index (χ4n) is 2.74. The second-order valence-corrected chi connectivity index (χ2v) is 6.82. The molecule has 0 spiro atoms. The molecule has 0 aliphatic rings. The summed E-state index contributed by atoms with van der Waals surface area (Å²) >= 11 is 1.32. The highest BCUT2D eigenvalue weighted by Crippen LogP contribution is 2.29. The Morgan fingerprint density at radius 2 is 2.11 bits per heavy atom. The van der Waals surface area contributed by atoms with Crippen molar-refractivity contribution in [2.75, 3.05) is 20.0 Å². The average Bonchev–Trinajstić information content (AvgIpc) is 3.31. The summed E-state index contributed by atoms with van der Waals surface area (Å²) in [5, 5.41) is 9.16. The Hall–Kier alpha value is -3.00. The third-order valence-corrected chi connectivity index (χ3v) is 5.14. The van der Waals surface area contributed by atoms with Gasteiger partial charge in [-0.25, -0.2) is 0 Å². The van der Waals surface area contributed by atoms with Crippen molar-refractivity contribution in [3.8, 4) is 22.9 Å². The lowest BCUT2D eigenvalue weighted by atomic mass is 10.1. The van der Waals surface area contributed by atoms with Crippen molar-refractivity contribution in [1.82, 2.24) is 14.8 Å². The number of ether oxygens (including phenoxy) is 2. The fourth-order valence-corrected chi connectivity index (χ4v) is 3.57. The Morgan fingerprint density at radius 3 is 2.75 bits per heavy atom. The van der Waals surface area contributed by atoms with Crippen LogP contribution in [0, 0.1) is 6.92 Å². The van der Waals surface area contributed by atoms with E-state index in [1.807, 2.05) is 17.6 Å². The second-order valence-electron chi connectivity index (χ2n) is 5.87. The Kier molecular flexibility index (Phi) is 6.20. The Bertz CT molecular complexity index is 993. The van der Waals surface area contributed by atoms with Crippen LogP contribution in [0.5, 0.6) is 11.5 Å². The molecule has 0 N–H and O–H groups in total. The maximum Gasteiger partial charge on any atom is 0.192 e. The van der Waals surface area contributed by atoms with E-state index in [0.717, 1.165) is 11.3 Å². The first kappa shape index (κ1) is 19.8. The molecular formula is C20H21N3O4S. The van der Waals surface area contributed by atoms with E-state index in [1.54, 1.807) is 37.6 Å². The van der Waals surface area contributed by atoms with Crippen molar-refractivity contribution in [1.29, 1.82) is 0 Å². The van der Waals surface area contributed by atoms with E-state index in [-0.39, 0.29) is 11.5 Å². The largest absolute Gasteiger partial charge is 0.497 e. The van der Waals surface area contributed by atoms with Gasteiger partial charge in [0.25, 0.3) is 0 Å². The van der Waals surface area contributed by atoms with Crippen LogP contribution in [0.1, 0.15) is 16.1 Å². The molecule has 3 rings (SSSR count). The molecule has 146 valence electrons. The van der Waals surface area contributed by atoms with Gasteiger partial charge in [-0.3, -0.25) is 9.36 Å². The van der Waals surface area contributed by atoms with Crippen molar-refractivity contribution < 1.29 is 18.7 Å². The Balaban J connectivity index is 1.81. The Labute approximate surface area is 167 Å². The molecule has 8 heteroatoms. The summed E-state index contributed by atoms with van der Waals surface area (Å²) in [6, 6.07) is 6.98. The second kappa shape index (κ2) is 8.79. The number of carbonyl (C=O) groups excluding carboxylic acids is 1. The van der Waals surface area contributed by atoms with Crippen LogP contribution in [0.3, 0.4) is 0 Å². The molecule has 0 atom stereocenters. The summed E-state index contributed by atoms with van der Waals surface area (Å²) in [4.78, 5) is 12.7. The number of carbonyl (C=O) groups is 1. The smallest absolute Gasteiger partial charge is 0.192 e. The topological polar surface area (TPSA) is 79.4 Å². The number of nitrogens with zero attached hydrogens (tertiary/aromatic N) is 3. The monoisotopic (exact) mass is 399 g/mol. The summed E-state index contributed by atoms with van der Waals surface area (Å²) in [6.45, 7) is 6.19. The molecule has 0 fully saturated rings. The highest BCUT2D eigenvalue weighted by molar-refractivity contribution is 7.99. The number of rotatable bonds is 9. The molecule has 0 bridgehead atoms. The number of thioether (sulfide) groups is 1. The molecule has 2 aromatic heterocycles. The number of Topliss-reactive ketones (excluding diaryl/α,β-unsaturated/α-hetero) is 1. The number of furan rings is 1. The molecule has 7 nitrogen and oxygen atoms in total. The van der Waals surface area contributed by atoms with Gasteiger partial charge in [-0.2, -0.15) is 0 Å². The molecule has 28 heavy (non-hydrogen) atoms. The van der Waals surface area contributed by atoms with Crippen LogP contribution >= 0.6 is 11.8 Å². The molecule has 0 unspecified atom stereocenters. The predicted octanol–water partition coefficient (Wildman–Crippen LogP) is 4.02. The third-order valence-electron chi connectivity index (χ3n) is 4.17. The summed E-state index contributed by atoms with van der Waals surface area (Å²) < 4.78 is 17.8. The van der Waals surface area contributed by atoms with Crippen molar-refractivity contribution in [2.45, 2.75) is 18.6 Å². The lowest BCUT2D eigenvalue weighted by molar-refractivity contribution is 0.101. The highest BCUT2D eigenvalue weighted by atomic mass is 32.2. The number of benzene rings is 1. The fraction of sp³-hybridized carbons (Fsp3) is 0.250. The van der Waals surface area contributed by atoms with E-state index in [1.165, 1.54) is 18.9 Å². The van der Waals surface area contributed by atoms with E-state index in [4.69, 9.17) is 13.9 Å². The first-order valence-corrected chi connectivity index (χ1v) is 9.54. The van der Waals surface area contributed by atoms with E-state index in [9.17, 15) is 4.79 Å². The van der Waals surface area contributed by atoms with Gasteiger partial charge in [0.2, 0.25) is 0 Å². The molecule has 0 saturated heterocycles. The lowest BCUT2D eigenvalue weighted by Gasteiger charge is -2.10. The molecule has 3 aromatic rings. The number of hydrogen-bond donors (Lipinski definition) is 0. The van der Waals surface area contributed by atoms with Crippen molar-refractivity contribution >= 4 is 17.5 Å². The highest BCUT2D eigenvalue weighted by Gasteiger charge is 2.19. The van der Waals surface area contributed by atoms with E-state index >= 15 is 0 Å². The van der Waals surface area contributed by atoms with Crippen molar-refractivity contribution in [3.63, 3.8) is 0 Å². The minimum Gasteiger partial charge on any atom is -0.497 e. The number of hydrogen-bond acceptors (Lipinski definition) is 7. The quantitative estimate of drug-likeness (QED) is 0.305. The molecule has 0 saturated carbocycles. The van der Waals surface area contributed by atoms with Gasteiger partial charge in [0.15, 0.2) is 16.8 Å². The number of ketones is 1. The molecule has 0 aliphatic heterocycles. The van der Waals surface area contributed by atoms with E-state index < -0.39 is 0 Å². The first-order chi connectivity index (χ1) is 13.6. The average molecular weight is 399 g/mol. The normalized spacial score (nSPS) is 10.7. The Morgan fingerprint density at radius 1 is 1.29 bits per heavy atom. The van der Waals surface area contributed by atoms with Crippen molar-refractivity contribution in [3.05, 3.63) is 54.5 Å². The number of allylic oxidation sites excluding steroid dienone is 1. The summed E-state index contributed by atoms with van der Waals surface area (Å²) in [6.07, 6.45) is 3.38. The van der Waals surface area contributed by atoms with Gasteiger partial charge >= 0.3 is 0 Å². The zero-order valence-corrected chi connectivity index (χ0v) is 16.8. The van der Waals surface area contributed by atoms with Gasteiger partial charge in [0, 0.05) is 12.6 Å². The zero-order valence-electron chi connectivity index (χ0n) is 16.0. The van der Waals surface area contributed by atoms with Crippen LogP contribution in [-0.2, 0) is 6.54 Å². The maximum atomic E-state index is 12.7. The minimum absolute atomic E-state index is 0.0707. The van der Waals surface area contributed by atoms with Gasteiger partial charge in [0.05, 0.1) is 37.4 Å². The molecule has 0 radical (unpaired) electrons. The van der Waals surface area contributed by atoms with Crippen LogP contribution in [0.4, 0.5) is 0 Å². The van der Waals surface area contributed by atoms with Gasteiger partial charge in [0.1, 0.15) is 17.3 Å². The SMILES string of the molecule is C=CCn1c(SCC(=O)c2ccc(OC)cc2OC)nnc1-c1ccoc1C. The van der Waals surface area contributed by atoms with Crippen LogP contribution in [0.25, 0.3) is 11.4 Å². The lowest BCUT2D eigenvalue weighted by Crippen LogP contribution is -2.07. The van der Waals surface area contributed by atoms with Crippen LogP contribution in [-0.4, -0.2) is 40.5 Å². The van der Waals surface area contributed by atoms with Crippen LogP contribution in [0.2, 0.25) is 0 Å². The molecular weight excluding hydrogens is 378 g/mol. The van der Waals surface area contributed by atoms with Gasteiger partial charge in [-0.05, 0) is 25.1 Å². The first-order valence-electron chi connectivity index (χ1n) is 8.55. The van der Waals surface area contributed by atoms with E-state index in [2.05, 4.69) is 16.8 Å². The van der Waals surface area contributed by atoms with Crippen molar-refractivity contribution in [2.24, 2.45) is 0 Å². The maximum absolute atomic E-state index is 12.7. The molecule has 2 heterocycles. The number of aryl methyl sites for hydroxylation is 1. The number of methoxy groups -OCH3 is 2. The predicted molar refractivity (Wildman–Crippen MR) is 107 cm³/mol. The minimum atomic E-state index is -0.0707. The van der Waals surface area contributed by atoms with Gasteiger partial charge in [-0.1, -0.05) is 17.8 Å². The molecule has 0 aliphatic carbocycles. The van der Waals surface area contributed by atoms with Gasteiger partial charge < -0.3 is 13.9 Å². The summed E-state index contributed by atoms with van der Waals surface area (Å²) in [5.41, 5.74) is 1.36.